The Bertz CT molecular complexity index is 152. The molecule has 0 aromatic rings. The molecule has 72 valence electrons. The summed E-state index contributed by atoms with van der Waals surface area (Å²) in [6.07, 6.45) is 0. The van der Waals surface area contributed by atoms with Crippen molar-refractivity contribution in [2.24, 2.45) is 5.73 Å². The van der Waals surface area contributed by atoms with Crippen molar-refractivity contribution < 1.29 is 19.7 Å². The number of aliphatic carboxylic acids is 1. The summed E-state index contributed by atoms with van der Waals surface area (Å²) in [5.41, 5.74) is 4.19. The van der Waals surface area contributed by atoms with Crippen molar-refractivity contribution in [2.45, 2.75) is 25.5 Å². The molecule has 0 aliphatic heterocycles. The Kier molecular flexibility index (Phi) is 4.16. The van der Waals surface area contributed by atoms with Crippen LogP contribution in [0.1, 0.15) is 13.8 Å². The normalized spacial score (nSPS) is 14.3. The molecule has 0 bridgehead atoms. The maximum absolute atomic E-state index is 10.2. The van der Waals surface area contributed by atoms with Crippen LogP contribution in [0, 0.1) is 0 Å². The SMILES string of the molecule is CC(C)(O)COC[C@H](N)C(=O)O. The molecule has 0 fully saturated rings. The summed E-state index contributed by atoms with van der Waals surface area (Å²) in [7, 11) is 0. The third-order valence-corrected chi connectivity index (χ3v) is 1.07. The van der Waals surface area contributed by atoms with Crippen LogP contribution in [0.2, 0.25) is 0 Å². The van der Waals surface area contributed by atoms with E-state index in [9.17, 15) is 4.79 Å². The van der Waals surface area contributed by atoms with Crippen molar-refractivity contribution in [3.8, 4) is 0 Å². The molecule has 0 aliphatic carbocycles. The Morgan fingerprint density at radius 1 is 1.67 bits per heavy atom. The number of rotatable bonds is 5. The minimum Gasteiger partial charge on any atom is -0.480 e. The highest BCUT2D eigenvalue weighted by Crippen LogP contribution is 2.00. The van der Waals surface area contributed by atoms with Gasteiger partial charge in [0, 0.05) is 0 Å². The van der Waals surface area contributed by atoms with Gasteiger partial charge in [0.2, 0.25) is 0 Å². The fourth-order valence-electron chi connectivity index (χ4n) is 0.507. The molecule has 0 amide bonds. The Balaban J connectivity index is 3.51. The lowest BCUT2D eigenvalue weighted by Crippen LogP contribution is -2.37. The number of hydrogen-bond donors (Lipinski definition) is 3. The van der Waals surface area contributed by atoms with Crippen LogP contribution in [0.3, 0.4) is 0 Å². The lowest BCUT2D eigenvalue weighted by atomic mass is 10.2. The van der Waals surface area contributed by atoms with Crippen LogP contribution in [0.25, 0.3) is 0 Å². The quantitative estimate of drug-likeness (QED) is 0.510. The molecule has 0 saturated carbocycles. The molecule has 0 saturated heterocycles. The molecule has 0 spiro atoms. The minimum atomic E-state index is -1.11. The van der Waals surface area contributed by atoms with Crippen LogP contribution in [0.5, 0.6) is 0 Å². The Hall–Kier alpha value is -0.650. The van der Waals surface area contributed by atoms with Crippen molar-refractivity contribution in [3.63, 3.8) is 0 Å². The maximum Gasteiger partial charge on any atom is 0.322 e. The zero-order chi connectivity index (χ0) is 9.78. The van der Waals surface area contributed by atoms with Crippen molar-refractivity contribution >= 4 is 5.97 Å². The minimum absolute atomic E-state index is 0.0774. The van der Waals surface area contributed by atoms with Crippen LogP contribution < -0.4 is 5.73 Å². The van der Waals surface area contributed by atoms with Crippen molar-refractivity contribution in [3.05, 3.63) is 0 Å². The third kappa shape index (κ3) is 6.09. The van der Waals surface area contributed by atoms with E-state index in [1.165, 1.54) is 0 Å². The highest BCUT2D eigenvalue weighted by molar-refractivity contribution is 5.73. The number of carbonyl (C=O) groups is 1. The van der Waals surface area contributed by atoms with Gasteiger partial charge in [-0.1, -0.05) is 0 Å². The van der Waals surface area contributed by atoms with E-state index in [4.69, 9.17) is 20.7 Å². The summed E-state index contributed by atoms with van der Waals surface area (Å²) in [5.74, 6) is -1.11. The average molecular weight is 177 g/mol. The van der Waals surface area contributed by atoms with Gasteiger partial charge < -0.3 is 20.7 Å². The number of carboxylic acids is 1. The number of aliphatic hydroxyl groups is 1. The zero-order valence-electron chi connectivity index (χ0n) is 7.28. The summed E-state index contributed by atoms with van der Waals surface area (Å²) in [5, 5.41) is 17.5. The van der Waals surface area contributed by atoms with E-state index < -0.39 is 17.6 Å². The van der Waals surface area contributed by atoms with Gasteiger partial charge in [-0.3, -0.25) is 4.79 Å². The van der Waals surface area contributed by atoms with E-state index in [2.05, 4.69) is 0 Å². The summed E-state index contributed by atoms with van der Waals surface area (Å²) in [6, 6.07) is -1.02. The number of nitrogens with two attached hydrogens (primary N) is 1. The lowest BCUT2D eigenvalue weighted by Gasteiger charge is -2.17. The monoisotopic (exact) mass is 177 g/mol. The average Bonchev–Trinajstić information content (AvgIpc) is 1.84. The number of ether oxygens (including phenoxy) is 1. The largest absolute Gasteiger partial charge is 0.480 e. The standard InChI is InChI=1S/C7H15NO4/c1-7(2,11)4-12-3-5(8)6(9)10/h5,11H,3-4,8H2,1-2H3,(H,9,10)/t5-/m0/s1. The molecule has 0 heterocycles. The smallest absolute Gasteiger partial charge is 0.322 e. The van der Waals surface area contributed by atoms with E-state index in [1.807, 2.05) is 0 Å². The first-order valence-corrected chi connectivity index (χ1v) is 3.61. The first-order chi connectivity index (χ1) is 5.33. The van der Waals surface area contributed by atoms with Gasteiger partial charge in [0.15, 0.2) is 0 Å². The molecular formula is C7H15NO4. The molecule has 5 nitrogen and oxygen atoms in total. The molecule has 1 atom stereocenters. The highest BCUT2D eigenvalue weighted by atomic mass is 16.5. The Morgan fingerprint density at radius 2 is 2.17 bits per heavy atom. The van der Waals surface area contributed by atoms with Gasteiger partial charge in [0.25, 0.3) is 0 Å². The van der Waals surface area contributed by atoms with E-state index in [1.54, 1.807) is 13.8 Å². The van der Waals surface area contributed by atoms with E-state index in [0.29, 0.717) is 0 Å². The van der Waals surface area contributed by atoms with Crippen LogP contribution in [-0.2, 0) is 9.53 Å². The van der Waals surface area contributed by atoms with Gasteiger partial charge in [0.05, 0.1) is 18.8 Å². The van der Waals surface area contributed by atoms with Crippen molar-refractivity contribution in [1.82, 2.24) is 0 Å². The molecule has 0 aromatic carbocycles. The molecule has 0 unspecified atom stereocenters. The first-order valence-electron chi connectivity index (χ1n) is 3.61. The number of hydrogen-bond acceptors (Lipinski definition) is 4. The Morgan fingerprint density at radius 3 is 2.50 bits per heavy atom. The molecule has 5 heteroatoms. The molecular weight excluding hydrogens is 162 g/mol. The molecule has 0 radical (unpaired) electrons. The van der Waals surface area contributed by atoms with Gasteiger partial charge in [-0.2, -0.15) is 0 Å². The van der Waals surface area contributed by atoms with E-state index >= 15 is 0 Å². The Labute approximate surface area is 71.1 Å². The van der Waals surface area contributed by atoms with Gasteiger partial charge in [0.1, 0.15) is 6.04 Å². The predicted octanol–water partition coefficient (Wildman–Crippen LogP) is -0.814. The van der Waals surface area contributed by atoms with E-state index in [-0.39, 0.29) is 13.2 Å². The van der Waals surface area contributed by atoms with Crippen molar-refractivity contribution in [2.75, 3.05) is 13.2 Å². The van der Waals surface area contributed by atoms with Gasteiger partial charge >= 0.3 is 5.97 Å². The van der Waals surface area contributed by atoms with Crippen molar-refractivity contribution in [1.29, 1.82) is 0 Å². The van der Waals surface area contributed by atoms with Crippen LogP contribution in [0.4, 0.5) is 0 Å². The highest BCUT2D eigenvalue weighted by Gasteiger charge is 2.16. The van der Waals surface area contributed by atoms with Gasteiger partial charge in [-0.25, -0.2) is 0 Å². The third-order valence-electron chi connectivity index (χ3n) is 1.07. The van der Waals surface area contributed by atoms with Crippen LogP contribution >= 0.6 is 0 Å². The molecule has 0 rings (SSSR count). The van der Waals surface area contributed by atoms with E-state index in [0.717, 1.165) is 0 Å². The number of carboxylic acid groups (broad SMARTS) is 1. The lowest BCUT2D eigenvalue weighted by molar-refractivity contribution is -0.140. The topological polar surface area (TPSA) is 92.8 Å². The van der Waals surface area contributed by atoms with Gasteiger partial charge in [-0.05, 0) is 13.8 Å². The molecule has 4 N–H and O–H groups in total. The summed E-state index contributed by atoms with van der Waals surface area (Å²) in [4.78, 5) is 10.2. The second kappa shape index (κ2) is 4.39. The first kappa shape index (κ1) is 11.4. The van der Waals surface area contributed by atoms with Crippen LogP contribution in [0.15, 0.2) is 0 Å². The maximum atomic E-state index is 10.2. The summed E-state index contributed by atoms with van der Waals surface area (Å²) >= 11 is 0. The molecule has 0 aromatic heterocycles. The zero-order valence-corrected chi connectivity index (χ0v) is 7.28. The second-order valence-corrected chi connectivity index (χ2v) is 3.27. The molecule has 0 aliphatic rings. The second-order valence-electron chi connectivity index (χ2n) is 3.27. The summed E-state index contributed by atoms with van der Waals surface area (Å²) in [6.45, 7) is 3.13. The summed E-state index contributed by atoms with van der Waals surface area (Å²) < 4.78 is 4.87. The van der Waals surface area contributed by atoms with Gasteiger partial charge in [-0.15, -0.1) is 0 Å². The predicted molar refractivity (Wildman–Crippen MR) is 42.7 cm³/mol. The molecule has 12 heavy (non-hydrogen) atoms. The van der Waals surface area contributed by atoms with Crippen LogP contribution in [-0.4, -0.2) is 41.0 Å². The fourth-order valence-corrected chi connectivity index (χ4v) is 0.507. The fraction of sp³-hybridized carbons (Fsp3) is 0.857.